The molecule has 4 atom stereocenters. The number of rotatable bonds is 21. The molecule has 6 rings (SSSR count). The summed E-state index contributed by atoms with van der Waals surface area (Å²) in [6.45, 7) is 17.9. The Kier molecular flexibility index (Phi) is 17.2. The molecule has 3 N–H and O–H groups in total. The van der Waals surface area contributed by atoms with Gasteiger partial charge in [-0.1, -0.05) is 46.2 Å². The van der Waals surface area contributed by atoms with Crippen molar-refractivity contribution in [3.63, 3.8) is 0 Å². The van der Waals surface area contributed by atoms with Gasteiger partial charge in [-0.2, -0.15) is 0 Å². The Labute approximate surface area is 391 Å². The number of aryl methyl sites for hydroxylation is 2. The number of aromatic nitrogens is 2. The van der Waals surface area contributed by atoms with Crippen molar-refractivity contribution in [3.05, 3.63) is 71.5 Å². The molecule has 1 unspecified atom stereocenters. The van der Waals surface area contributed by atoms with Crippen LogP contribution in [0.1, 0.15) is 97.3 Å². The molecule has 4 aromatic rings. The van der Waals surface area contributed by atoms with Crippen LogP contribution in [0.2, 0.25) is 0 Å². The number of nitrogens with zero attached hydrogens (tertiary/aromatic N) is 5. The number of hydrogen-bond donors (Lipinski definition) is 3. The first-order valence-corrected chi connectivity index (χ1v) is 24.0. The van der Waals surface area contributed by atoms with Crippen LogP contribution >= 0.6 is 0 Å². The van der Waals surface area contributed by atoms with Gasteiger partial charge in [-0.3, -0.25) is 24.4 Å². The van der Waals surface area contributed by atoms with Crippen LogP contribution in [-0.4, -0.2) is 124 Å². The monoisotopic (exact) mass is 908 g/mol. The number of phenols is 1. The van der Waals surface area contributed by atoms with E-state index in [1.807, 2.05) is 39.1 Å². The van der Waals surface area contributed by atoms with Crippen molar-refractivity contribution < 1.29 is 33.8 Å². The van der Waals surface area contributed by atoms with Gasteiger partial charge in [0.1, 0.15) is 29.7 Å². The fourth-order valence-electron chi connectivity index (χ4n) is 10.0. The maximum atomic E-state index is 14.8. The predicted octanol–water partition coefficient (Wildman–Crippen LogP) is 6.93. The summed E-state index contributed by atoms with van der Waals surface area (Å²) in [4.78, 5) is 64.4. The second-order valence-corrected chi connectivity index (χ2v) is 18.9. The van der Waals surface area contributed by atoms with Crippen molar-refractivity contribution in [2.75, 3.05) is 47.0 Å². The summed E-state index contributed by atoms with van der Waals surface area (Å²) < 4.78 is 13.7. The van der Waals surface area contributed by atoms with E-state index in [1.165, 1.54) is 10.6 Å². The number of phenolic OH excluding ortho intramolecular Hbond substituents is 1. The average molecular weight is 908 g/mol. The summed E-state index contributed by atoms with van der Waals surface area (Å²) >= 11 is 0. The lowest BCUT2D eigenvalue weighted by atomic mass is 9.93. The number of pyridine rings is 1. The van der Waals surface area contributed by atoms with Crippen molar-refractivity contribution in [3.8, 4) is 28.1 Å². The maximum Gasteiger partial charge on any atom is 0.259 e. The third-order valence-corrected chi connectivity index (χ3v) is 13.3. The number of carbonyl (C=O) groups is 4. The van der Waals surface area contributed by atoms with Gasteiger partial charge in [-0.05, 0) is 123 Å². The maximum absolute atomic E-state index is 14.8. The number of methoxy groups -OCH3 is 1. The number of amides is 3. The minimum atomic E-state index is -1.12. The van der Waals surface area contributed by atoms with E-state index >= 15 is 0 Å². The molecular formula is C52H73N7O7. The average Bonchev–Trinajstić information content (AvgIpc) is 3.92. The van der Waals surface area contributed by atoms with E-state index < -0.39 is 29.4 Å². The van der Waals surface area contributed by atoms with Crippen molar-refractivity contribution in [1.82, 2.24) is 35.1 Å². The van der Waals surface area contributed by atoms with Crippen molar-refractivity contribution in [2.45, 2.75) is 130 Å². The first-order valence-electron chi connectivity index (χ1n) is 24.0. The number of hydrogen-bond acceptors (Lipinski definition) is 10. The Morgan fingerprint density at radius 2 is 1.83 bits per heavy atom. The lowest BCUT2D eigenvalue weighted by Crippen LogP contribution is -2.66. The Bertz CT molecular complexity index is 2330. The number of nitrogens with one attached hydrogen (secondary N) is 2. The highest BCUT2D eigenvalue weighted by Crippen LogP contribution is 2.39. The normalized spacial score (nSPS) is 18.8. The molecule has 2 saturated heterocycles. The molecular weight excluding hydrogens is 835 g/mol. The molecule has 0 radical (unpaired) electrons. The zero-order valence-corrected chi connectivity index (χ0v) is 40.7. The molecule has 0 bridgehead atoms. The standard InChI is InChI=1S/C52H73N7O7/c1-10-14-42-43-28-37(15-16-46(43)58(12-3)48(42)44-29-53-20-17-39(44)31-65-9)40-24-36(25-41(61)27-40)26-45(51(64)59-21-13-19-52(32-60,55-59)33-66-23-11-2)54-49(62)47(34(4)5)56(8)50(63)38-18-22-57(30-38)35(6)7/h15-17,20,24-25,27-29,32,34-35,38,45,47,55,61H,10-14,18-19,21-23,26,30-31,33H2,1-9H3,(H,54,62)/t38-,45-,47-,52?/m0/s1. The van der Waals surface area contributed by atoms with Gasteiger partial charge in [0, 0.05) is 81.7 Å². The number of hydrazine groups is 1. The van der Waals surface area contributed by atoms with Gasteiger partial charge in [0.15, 0.2) is 0 Å². The minimum Gasteiger partial charge on any atom is -0.508 e. The van der Waals surface area contributed by atoms with Crippen LogP contribution in [-0.2, 0) is 54.6 Å². The number of benzene rings is 2. The Balaban J connectivity index is 1.36. The fraction of sp³-hybridized carbons (Fsp3) is 0.558. The van der Waals surface area contributed by atoms with E-state index in [1.54, 1.807) is 37.4 Å². The van der Waals surface area contributed by atoms with Crippen LogP contribution in [0.15, 0.2) is 54.9 Å². The van der Waals surface area contributed by atoms with Gasteiger partial charge in [-0.15, -0.1) is 0 Å². The topological polar surface area (TPSA) is 159 Å². The van der Waals surface area contributed by atoms with Gasteiger partial charge in [0.05, 0.1) is 24.8 Å². The lowest BCUT2D eigenvalue weighted by Gasteiger charge is -2.41. The van der Waals surface area contributed by atoms with Gasteiger partial charge < -0.3 is 39.1 Å². The van der Waals surface area contributed by atoms with Crippen LogP contribution in [0.25, 0.3) is 33.3 Å². The number of aldehydes is 1. The number of likely N-dealkylation sites (tertiary alicyclic amines) is 1. The third-order valence-electron chi connectivity index (χ3n) is 13.3. The molecule has 0 spiro atoms. The predicted molar refractivity (Wildman–Crippen MR) is 258 cm³/mol. The second-order valence-electron chi connectivity index (χ2n) is 18.9. The number of aromatic hydroxyl groups is 1. The highest BCUT2D eigenvalue weighted by Gasteiger charge is 2.41. The van der Waals surface area contributed by atoms with E-state index in [4.69, 9.17) is 9.47 Å². The van der Waals surface area contributed by atoms with Crippen molar-refractivity contribution in [2.24, 2.45) is 11.8 Å². The van der Waals surface area contributed by atoms with E-state index in [-0.39, 0.29) is 36.5 Å². The molecule has 66 heavy (non-hydrogen) atoms. The summed E-state index contributed by atoms with van der Waals surface area (Å²) in [6, 6.07) is 12.0. The molecule has 2 aromatic carbocycles. The molecule has 0 aliphatic carbocycles. The molecule has 2 aliphatic heterocycles. The first kappa shape index (κ1) is 50.3. The summed E-state index contributed by atoms with van der Waals surface area (Å²) in [7, 11) is 3.38. The number of ether oxygens (including phenoxy) is 2. The van der Waals surface area contributed by atoms with Crippen LogP contribution in [0, 0.1) is 11.8 Å². The smallest absolute Gasteiger partial charge is 0.259 e. The van der Waals surface area contributed by atoms with Gasteiger partial charge >= 0.3 is 0 Å². The highest BCUT2D eigenvalue weighted by atomic mass is 16.5. The summed E-state index contributed by atoms with van der Waals surface area (Å²) in [5.41, 5.74) is 9.85. The van der Waals surface area contributed by atoms with Gasteiger partial charge in [0.2, 0.25) is 11.8 Å². The summed E-state index contributed by atoms with van der Waals surface area (Å²) in [5, 5.41) is 16.9. The largest absolute Gasteiger partial charge is 0.508 e. The Morgan fingerprint density at radius 3 is 2.50 bits per heavy atom. The molecule has 14 nitrogen and oxygen atoms in total. The molecule has 0 saturated carbocycles. The van der Waals surface area contributed by atoms with E-state index in [0.29, 0.717) is 57.2 Å². The molecule has 4 heterocycles. The SMILES string of the molecule is CCCOCC1(C=O)CCCN(C(=O)[C@H](Cc2cc(O)cc(-c3ccc4c(c3)c(CCC)c(-c3cnccc3COC)n4CC)c2)NC(=O)[C@H](C(C)C)N(C)C(=O)[C@H]2CCN(C(C)C)C2)N1. The van der Waals surface area contributed by atoms with Crippen LogP contribution in [0.4, 0.5) is 0 Å². The zero-order chi connectivity index (χ0) is 47.7. The molecule has 358 valence electrons. The first-order chi connectivity index (χ1) is 31.7. The van der Waals surface area contributed by atoms with Crippen LogP contribution in [0.3, 0.4) is 0 Å². The van der Waals surface area contributed by atoms with E-state index in [9.17, 15) is 24.3 Å². The van der Waals surface area contributed by atoms with Gasteiger partial charge in [0.25, 0.3) is 5.91 Å². The summed E-state index contributed by atoms with van der Waals surface area (Å²) in [5.74, 6) is -1.46. The van der Waals surface area contributed by atoms with Crippen molar-refractivity contribution >= 4 is 34.9 Å². The molecule has 14 heteroatoms. The van der Waals surface area contributed by atoms with E-state index in [0.717, 1.165) is 77.5 Å². The van der Waals surface area contributed by atoms with E-state index in [2.05, 4.69) is 71.1 Å². The van der Waals surface area contributed by atoms with Crippen molar-refractivity contribution in [1.29, 1.82) is 0 Å². The Hall–Kier alpha value is -5.15. The number of carbonyl (C=O) groups excluding carboxylic acids is 4. The lowest BCUT2D eigenvalue weighted by molar-refractivity contribution is -0.148. The molecule has 2 aromatic heterocycles. The van der Waals surface area contributed by atoms with Crippen LogP contribution < -0.4 is 10.7 Å². The zero-order valence-electron chi connectivity index (χ0n) is 40.7. The quantitative estimate of drug-likeness (QED) is 0.0592. The minimum absolute atomic E-state index is 0.0156. The number of fused-ring (bicyclic) bond motifs is 1. The van der Waals surface area contributed by atoms with Gasteiger partial charge in [-0.25, -0.2) is 5.43 Å². The third kappa shape index (κ3) is 11.2. The fourth-order valence-corrected chi connectivity index (χ4v) is 10.0. The summed E-state index contributed by atoms with van der Waals surface area (Å²) in [6.07, 6.45) is 8.85. The Morgan fingerprint density at radius 1 is 1.05 bits per heavy atom. The molecule has 2 fully saturated rings. The highest BCUT2D eigenvalue weighted by molar-refractivity contribution is 5.96. The molecule has 2 aliphatic rings. The number of likely N-dealkylation sites (N-methyl/N-ethyl adjacent to an activating group) is 1. The van der Waals surface area contributed by atoms with Crippen LogP contribution in [0.5, 0.6) is 5.75 Å². The second kappa shape index (κ2) is 22.6. The molecule has 3 amide bonds.